The first-order valence-corrected chi connectivity index (χ1v) is 6.86. The van der Waals surface area contributed by atoms with Crippen LogP contribution >= 0.6 is 0 Å². The molecule has 2 atom stereocenters. The Kier molecular flexibility index (Phi) is 4.78. The summed E-state index contributed by atoms with van der Waals surface area (Å²) >= 11 is 0. The second-order valence-electron chi connectivity index (χ2n) is 5.21. The molecule has 2 amide bonds. The Bertz CT molecular complexity index is 568. The van der Waals surface area contributed by atoms with Crippen molar-refractivity contribution < 1.29 is 14.6 Å². The minimum atomic E-state index is -0.349. The number of aliphatic hydroxyl groups excluding tert-OH is 1. The number of amides is 2. The molecule has 0 aromatic heterocycles. The molecule has 1 aromatic rings. The van der Waals surface area contributed by atoms with Crippen LogP contribution in [0.2, 0.25) is 0 Å². The van der Waals surface area contributed by atoms with Gasteiger partial charge >= 0.3 is 6.03 Å². The van der Waals surface area contributed by atoms with E-state index in [0.717, 1.165) is 5.56 Å². The molecule has 6 nitrogen and oxygen atoms in total. The Labute approximate surface area is 123 Å². The number of ether oxygens (including phenoxy) is 1. The number of carbonyl (C=O) groups is 1. The fourth-order valence-corrected chi connectivity index (χ4v) is 2.22. The van der Waals surface area contributed by atoms with Gasteiger partial charge in [0.2, 0.25) is 0 Å². The maximum absolute atomic E-state index is 12.4. The third kappa shape index (κ3) is 3.51. The Morgan fingerprint density at radius 3 is 3.05 bits per heavy atom. The van der Waals surface area contributed by atoms with E-state index in [2.05, 4.69) is 11.4 Å². The van der Waals surface area contributed by atoms with E-state index >= 15 is 0 Å². The number of nitrogens with zero attached hydrogens (tertiary/aromatic N) is 2. The molecule has 1 saturated heterocycles. The quantitative estimate of drug-likeness (QED) is 0.863. The van der Waals surface area contributed by atoms with E-state index in [0.29, 0.717) is 24.4 Å². The highest BCUT2D eigenvalue weighted by Crippen LogP contribution is 2.19. The first-order chi connectivity index (χ1) is 10.0. The van der Waals surface area contributed by atoms with Crippen LogP contribution < -0.4 is 5.32 Å². The number of morpholine rings is 1. The van der Waals surface area contributed by atoms with Gasteiger partial charge in [-0.25, -0.2) is 4.79 Å². The van der Waals surface area contributed by atoms with E-state index in [-0.39, 0.29) is 24.8 Å². The molecule has 0 saturated carbocycles. The number of nitrogens with one attached hydrogen (secondary N) is 1. The lowest BCUT2D eigenvalue weighted by molar-refractivity contribution is -0.0611. The second kappa shape index (κ2) is 6.57. The van der Waals surface area contributed by atoms with Gasteiger partial charge in [0.05, 0.1) is 43.5 Å². The van der Waals surface area contributed by atoms with Gasteiger partial charge < -0.3 is 20.1 Å². The lowest BCUT2D eigenvalue weighted by atomic mass is 10.1. The van der Waals surface area contributed by atoms with Gasteiger partial charge in [0, 0.05) is 5.69 Å². The number of urea groups is 1. The smallest absolute Gasteiger partial charge is 0.322 e. The third-order valence-electron chi connectivity index (χ3n) is 3.58. The summed E-state index contributed by atoms with van der Waals surface area (Å²) < 4.78 is 5.42. The van der Waals surface area contributed by atoms with Crippen molar-refractivity contribution >= 4 is 11.7 Å². The van der Waals surface area contributed by atoms with Gasteiger partial charge in [0.25, 0.3) is 0 Å². The van der Waals surface area contributed by atoms with Crippen molar-refractivity contribution in [3.8, 4) is 6.07 Å². The zero-order valence-corrected chi connectivity index (χ0v) is 12.2. The van der Waals surface area contributed by atoms with E-state index in [9.17, 15) is 4.79 Å². The predicted octanol–water partition coefficient (Wildman–Crippen LogP) is 1.48. The van der Waals surface area contributed by atoms with Crippen molar-refractivity contribution in [1.82, 2.24) is 4.90 Å². The van der Waals surface area contributed by atoms with Crippen molar-refractivity contribution in [2.45, 2.75) is 26.0 Å². The van der Waals surface area contributed by atoms with Crippen LogP contribution in [0.15, 0.2) is 18.2 Å². The molecule has 21 heavy (non-hydrogen) atoms. The molecule has 1 aromatic carbocycles. The van der Waals surface area contributed by atoms with Crippen molar-refractivity contribution in [1.29, 1.82) is 5.26 Å². The molecule has 0 bridgehead atoms. The Hall–Kier alpha value is -2.10. The van der Waals surface area contributed by atoms with Crippen LogP contribution in [-0.2, 0) is 4.74 Å². The zero-order chi connectivity index (χ0) is 15.4. The molecule has 1 aliphatic heterocycles. The van der Waals surface area contributed by atoms with Crippen LogP contribution in [0, 0.1) is 18.3 Å². The van der Waals surface area contributed by atoms with Crippen molar-refractivity contribution in [3.05, 3.63) is 29.3 Å². The number of anilines is 1. The van der Waals surface area contributed by atoms with E-state index in [1.807, 2.05) is 13.8 Å². The fourth-order valence-electron chi connectivity index (χ4n) is 2.22. The first-order valence-electron chi connectivity index (χ1n) is 6.86. The average Bonchev–Trinajstić information content (AvgIpc) is 2.49. The van der Waals surface area contributed by atoms with Gasteiger partial charge in [0.1, 0.15) is 0 Å². The van der Waals surface area contributed by atoms with Crippen LogP contribution in [0.5, 0.6) is 0 Å². The molecular weight excluding hydrogens is 270 g/mol. The zero-order valence-electron chi connectivity index (χ0n) is 12.2. The minimum Gasteiger partial charge on any atom is -0.394 e. The summed E-state index contributed by atoms with van der Waals surface area (Å²) in [6.07, 6.45) is -0.349. The monoisotopic (exact) mass is 289 g/mol. The molecule has 2 rings (SSSR count). The van der Waals surface area contributed by atoms with Crippen molar-refractivity contribution in [2.24, 2.45) is 0 Å². The number of aliphatic hydroxyl groups is 1. The summed E-state index contributed by atoms with van der Waals surface area (Å²) in [6.45, 7) is 4.40. The van der Waals surface area contributed by atoms with Gasteiger partial charge in [-0.2, -0.15) is 5.26 Å². The number of rotatable bonds is 2. The number of aryl methyl sites for hydroxylation is 1. The van der Waals surface area contributed by atoms with Crippen LogP contribution in [0.25, 0.3) is 0 Å². The lowest BCUT2D eigenvalue weighted by Gasteiger charge is -2.37. The van der Waals surface area contributed by atoms with Gasteiger partial charge in [-0.05, 0) is 31.5 Å². The highest BCUT2D eigenvalue weighted by Gasteiger charge is 2.29. The lowest BCUT2D eigenvalue weighted by Crippen LogP contribution is -2.53. The SMILES string of the molecule is Cc1ccc(C#N)cc1NC(=O)N1C[C@H](CO)OC[C@H]1C. The Morgan fingerprint density at radius 1 is 1.62 bits per heavy atom. The molecule has 0 radical (unpaired) electrons. The average molecular weight is 289 g/mol. The predicted molar refractivity (Wildman–Crippen MR) is 77.9 cm³/mol. The Balaban J connectivity index is 2.12. The topological polar surface area (TPSA) is 85.6 Å². The summed E-state index contributed by atoms with van der Waals surface area (Å²) in [7, 11) is 0. The second-order valence-corrected chi connectivity index (χ2v) is 5.21. The first kappa shape index (κ1) is 15.3. The largest absolute Gasteiger partial charge is 0.394 e. The number of carbonyl (C=O) groups excluding carboxylic acids is 1. The maximum Gasteiger partial charge on any atom is 0.322 e. The standard InChI is InChI=1S/C15H19N3O3/c1-10-3-4-12(6-16)5-14(10)17-15(20)18-7-13(8-19)21-9-11(18)2/h3-5,11,13,19H,7-9H2,1-2H3,(H,17,20)/t11-,13-/m1/s1. The van der Waals surface area contributed by atoms with Crippen LogP contribution in [-0.4, -0.2) is 47.9 Å². The fraction of sp³-hybridized carbons (Fsp3) is 0.467. The molecular formula is C15H19N3O3. The van der Waals surface area contributed by atoms with Gasteiger partial charge in [-0.15, -0.1) is 0 Å². The summed E-state index contributed by atoms with van der Waals surface area (Å²) in [5.74, 6) is 0. The summed E-state index contributed by atoms with van der Waals surface area (Å²) in [6, 6.07) is 6.91. The maximum atomic E-state index is 12.4. The van der Waals surface area contributed by atoms with E-state index in [1.54, 1.807) is 23.1 Å². The van der Waals surface area contributed by atoms with Gasteiger partial charge in [-0.1, -0.05) is 6.07 Å². The van der Waals surface area contributed by atoms with Crippen LogP contribution in [0.4, 0.5) is 10.5 Å². The molecule has 0 unspecified atom stereocenters. The molecule has 0 aliphatic carbocycles. The number of nitriles is 1. The highest BCUT2D eigenvalue weighted by molar-refractivity contribution is 5.90. The number of benzene rings is 1. The number of hydrogen-bond donors (Lipinski definition) is 2. The number of hydrogen-bond acceptors (Lipinski definition) is 4. The molecule has 1 heterocycles. The van der Waals surface area contributed by atoms with E-state index < -0.39 is 0 Å². The normalized spacial score (nSPS) is 21.7. The molecule has 1 fully saturated rings. The van der Waals surface area contributed by atoms with Gasteiger partial charge in [-0.3, -0.25) is 0 Å². The van der Waals surface area contributed by atoms with Gasteiger partial charge in [0.15, 0.2) is 0 Å². The third-order valence-corrected chi connectivity index (χ3v) is 3.58. The molecule has 6 heteroatoms. The summed E-state index contributed by atoms with van der Waals surface area (Å²) in [5.41, 5.74) is 2.01. The molecule has 112 valence electrons. The Morgan fingerprint density at radius 2 is 2.38 bits per heavy atom. The molecule has 0 spiro atoms. The summed E-state index contributed by atoms with van der Waals surface area (Å²) in [5, 5.41) is 20.9. The summed E-state index contributed by atoms with van der Waals surface area (Å²) in [4.78, 5) is 14.0. The molecule has 1 aliphatic rings. The van der Waals surface area contributed by atoms with E-state index in [4.69, 9.17) is 15.1 Å². The minimum absolute atomic E-state index is 0.0627. The van der Waals surface area contributed by atoms with Crippen molar-refractivity contribution in [2.75, 3.05) is 25.1 Å². The highest BCUT2D eigenvalue weighted by atomic mass is 16.5. The van der Waals surface area contributed by atoms with Crippen molar-refractivity contribution in [3.63, 3.8) is 0 Å². The van der Waals surface area contributed by atoms with Crippen LogP contribution in [0.1, 0.15) is 18.1 Å². The van der Waals surface area contributed by atoms with Crippen LogP contribution in [0.3, 0.4) is 0 Å². The van der Waals surface area contributed by atoms with E-state index in [1.165, 1.54) is 0 Å². The molecule has 2 N–H and O–H groups in total.